The number of aromatic nitrogens is 1. The Balaban J connectivity index is 1.63. The number of carbonyl (C=O) groups is 1. The minimum atomic E-state index is -0.341. The molecule has 3 nitrogen and oxygen atoms in total. The van der Waals surface area contributed by atoms with Gasteiger partial charge in [-0.1, -0.05) is 48.5 Å². The molecule has 22 heavy (non-hydrogen) atoms. The second kappa shape index (κ2) is 5.19. The van der Waals surface area contributed by atoms with Gasteiger partial charge in [0, 0.05) is 18.3 Å². The van der Waals surface area contributed by atoms with Crippen molar-refractivity contribution in [1.29, 1.82) is 0 Å². The van der Waals surface area contributed by atoms with Gasteiger partial charge < -0.3 is 4.74 Å². The molecule has 3 heteroatoms. The van der Waals surface area contributed by atoms with E-state index in [1.165, 1.54) is 26.8 Å². The molecule has 0 amide bonds. The maximum atomic E-state index is 12.0. The molecule has 0 atom stereocenters. The summed E-state index contributed by atoms with van der Waals surface area (Å²) in [6.45, 7) is 0.352. The molecule has 0 fully saturated rings. The van der Waals surface area contributed by atoms with Crippen molar-refractivity contribution < 1.29 is 9.53 Å². The molecule has 108 valence electrons. The third kappa shape index (κ3) is 2.02. The first-order valence-corrected chi connectivity index (χ1v) is 7.33. The van der Waals surface area contributed by atoms with Gasteiger partial charge in [0.2, 0.25) is 0 Å². The number of fused-ring (bicyclic) bond motifs is 3. The zero-order valence-electron chi connectivity index (χ0n) is 12.0. The van der Waals surface area contributed by atoms with E-state index in [0.717, 1.165) is 0 Å². The Morgan fingerprint density at radius 1 is 0.864 bits per heavy atom. The molecule has 0 radical (unpaired) electrons. The van der Waals surface area contributed by atoms with Crippen molar-refractivity contribution >= 4 is 6.09 Å². The number of hydrogen-bond donors (Lipinski definition) is 0. The molecule has 1 aromatic heterocycles. The van der Waals surface area contributed by atoms with Gasteiger partial charge in [0.15, 0.2) is 0 Å². The third-order valence-electron chi connectivity index (χ3n) is 4.15. The maximum absolute atomic E-state index is 12.0. The molecule has 4 rings (SSSR count). The van der Waals surface area contributed by atoms with Crippen LogP contribution in [0.5, 0.6) is 0 Å². The second-order valence-electron chi connectivity index (χ2n) is 5.39. The van der Waals surface area contributed by atoms with Gasteiger partial charge in [-0.25, -0.2) is 4.79 Å². The second-order valence-corrected chi connectivity index (χ2v) is 5.39. The number of benzene rings is 2. The number of rotatable bonds is 2. The van der Waals surface area contributed by atoms with Gasteiger partial charge in [-0.05, 0) is 34.4 Å². The summed E-state index contributed by atoms with van der Waals surface area (Å²) >= 11 is 0. The van der Waals surface area contributed by atoms with Gasteiger partial charge in [0.05, 0.1) is 0 Å². The number of nitrogens with zero attached hydrogens (tertiary/aromatic N) is 1. The van der Waals surface area contributed by atoms with E-state index >= 15 is 0 Å². The van der Waals surface area contributed by atoms with Crippen LogP contribution in [0.1, 0.15) is 17.0 Å². The van der Waals surface area contributed by atoms with Crippen molar-refractivity contribution in [3.63, 3.8) is 0 Å². The normalized spacial score (nSPS) is 12.7. The first-order chi connectivity index (χ1) is 10.8. The largest absolute Gasteiger partial charge is 0.448 e. The number of ether oxygens (including phenoxy) is 1. The first kappa shape index (κ1) is 12.9. The molecule has 0 aliphatic heterocycles. The molecule has 2 aromatic carbocycles. The fourth-order valence-corrected chi connectivity index (χ4v) is 3.12. The Labute approximate surface area is 128 Å². The lowest BCUT2D eigenvalue weighted by Gasteiger charge is -2.14. The van der Waals surface area contributed by atoms with Crippen LogP contribution in [-0.2, 0) is 4.74 Å². The molecule has 1 aliphatic rings. The highest BCUT2D eigenvalue weighted by Gasteiger charge is 2.28. The number of carbonyl (C=O) groups excluding carboxylic acids is 1. The lowest BCUT2D eigenvalue weighted by atomic mass is 9.98. The van der Waals surface area contributed by atoms with Crippen molar-refractivity contribution in [1.82, 2.24) is 4.57 Å². The van der Waals surface area contributed by atoms with Crippen molar-refractivity contribution in [2.75, 3.05) is 6.61 Å². The molecular weight excluding hydrogens is 274 g/mol. The summed E-state index contributed by atoms with van der Waals surface area (Å²) in [4.78, 5) is 12.0. The van der Waals surface area contributed by atoms with Crippen LogP contribution in [0.25, 0.3) is 11.1 Å². The minimum absolute atomic E-state index is 0.104. The van der Waals surface area contributed by atoms with Gasteiger partial charge in [-0.2, -0.15) is 0 Å². The summed E-state index contributed by atoms with van der Waals surface area (Å²) in [5, 5.41) is 0. The lowest BCUT2D eigenvalue weighted by molar-refractivity contribution is 0.144. The van der Waals surface area contributed by atoms with Crippen LogP contribution in [0, 0.1) is 0 Å². The van der Waals surface area contributed by atoms with Gasteiger partial charge in [0.1, 0.15) is 6.61 Å². The first-order valence-electron chi connectivity index (χ1n) is 7.33. The van der Waals surface area contributed by atoms with Crippen LogP contribution in [0.15, 0.2) is 73.1 Å². The van der Waals surface area contributed by atoms with Gasteiger partial charge >= 0.3 is 6.09 Å². The Morgan fingerprint density at radius 3 is 2.00 bits per heavy atom. The zero-order valence-corrected chi connectivity index (χ0v) is 12.0. The van der Waals surface area contributed by atoms with Crippen molar-refractivity contribution in [2.45, 2.75) is 5.92 Å². The van der Waals surface area contributed by atoms with E-state index in [4.69, 9.17) is 4.74 Å². The summed E-state index contributed by atoms with van der Waals surface area (Å²) in [5.41, 5.74) is 4.92. The molecule has 0 bridgehead atoms. The molecule has 0 saturated carbocycles. The molecular formula is C19H15NO2. The van der Waals surface area contributed by atoms with Crippen molar-refractivity contribution in [3.05, 3.63) is 84.2 Å². The van der Waals surface area contributed by atoms with E-state index in [-0.39, 0.29) is 12.0 Å². The van der Waals surface area contributed by atoms with E-state index in [0.29, 0.717) is 6.61 Å². The van der Waals surface area contributed by atoms with E-state index in [2.05, 4.69) is 24.3 Å². The predicted octanol–water partition coefficient (Wildman–Crippen LogP) is 4.29. The molecule has 1 heterocycles. The van der Waals surface area contributed by atoms with E-state index in [1.54, 1.807) is 24.5 Å². The molecule has 0 N–H and O–H groups in total. The average molecular weight is 289 g/mol. The van der Waals surface area contributed by atoms with Gasteiger partial charge in [-0.15, -0.1) is 0 Å². The lowest BCUT2D eigenvalue weighted by Crippen LogP contribution is -2.16. The van der Waals surface area contributed by atoms with Crippen LogP contribution in [0.2, 0.25) is 0 Å². The highest BCUT2D eigenvalue weighted by molar-refractivity contribution is 5.79. The Bertz CT molecular complexity index is 775. The SMILES string of the molecule is O=C(OCC1c2ccccc2-c2ccccc21)n1cccc1. The number of hydrogen-bond acceptors (Lipinski definition) is 2. The van der Waals surface area contributed by atoms with Crippen LogP contribution in [-0.4, -0.2) is 17.3 Å². The van der Waals surface area contributed by atoms with Crippen molar-refractivity contribution in [2.24, 2.45) is 0 Å². The molecule has 0 unspecified atom stereocenters. The summed E-state index contributed by atoms with van der Waals surface area (Å²) in [6, 6.07) is 20.3. The molecule has 1 aliphatic carbocycles. The Hall–Kier alpha value is -2.81. The fraction of sp³-hybridized carbons (Fsp3) is 0.105. The predicted molar refractivity (Wildman–Crippen MR) is 84.9 cm³/mol. The van der Waals surface area contributed by atoms with E-state index < -0.39 is 0 Å². The standard InChI is InChI=1S/C19H15NO2/c21-19(20-11-5-6-12-20)22-13-18-16-9-3-1-7-14(16)15-8-2-4-10-17(15)18/h1-12,18H,13H2. The highest BCUT2D eigenvalue weighted by atomic mass is 16.5. The minimum Gasteiger partial charge on any atom is -0.448 e. The Morgan fingerprint density at radius 2 is 1.41 bits per heavy atom. The maximum Gasteiger partial charge on any atom is 0.417 e. The van der Waals surface area contributed by atoms with Crippen LogP contribution in [0.4, 0.5) is 4.79 Å². The van der Waals surface area contributed by atoms with Crippen LogP contribution < -0.4 is 0 Å². The molecule has 0 saturated heterocycles. The van der Waals surface area contributed by atoms with Gasteiger partial charge in [-0.3, -0.25) is 4.57 Å². The summed E-state index contributed by atoms with van der Waals surface area (Å²) < 4.78 is 6.96. The zero-order chi connectivity index (χ0) is 14.9. The Kier molecular flexibility index (Phi) is 3.04. The van der Waals surface area contributed by atoms with Crippen LogP contribution >= 0.6 is 0 Å². The molecule has 3 aromatic rings. The average Bonchev–Trinajstić information content (AvgIpc) is 3.20. The van der Waals surface area contributed by atoms with Gasteiger partial charge in [0.25, 0.3) is 0 Å². The smallest absolute Gasteiger partial charge is 0.417 e. The van der Waals surface area contributed by atoms with E-state index in [1.807, 2.05) is 24.3 Å². The van der Waals surface area contributed by atoms with Crippen LogP contribution in [0.3, 0.4) is 0 Å². The topological polar surface area (TPSA) is 31.2 Å². The fourth-order valence-electron chi connectivity index (χ4n) is 3.12. The molecule has 0 spiro atoms. The highest BCUT2D eigenvalue weighted by Crippen LogP contribution is 2.44. The van der Waals surface area contributed by atoms with Crippen molar-refractivity contribution in [3.8, 4) is 11.1 Å². The van der Waals surface area contributed by atoms with E-state index in [9.17, 15) is 4.79 Å². The third-order valence-corrected chi connectivity index (χ3v) is 4.15. The monoisotopic (exact) mass is 289 g/mol. The summed E-state index contributed by atoms with van der Waals surface area (Å²) in [5.74, 6) is 0.104. The summed E-state index contributed by atoms with van der Waals surface area (Å²) in [6.07, 6.45) is 3.05. The quantitative estimate of drug-likeness (QED) is 0.705. The summed E-state index contributed by atoms with van der Waals surface area (Å²) in [7, 11) is 0.